The van der Waals surface area contributed by atoms with E-state index in [-0.39, 0.29) is 29.9 Å². The Hall–Kier alpha value is -0.900. The van der Waals surface area contributed by atoms with E-state index in [1.807, 2.05) is 7.05 Å². The van der Waals surface area contributed by atoms with Gasteiger partial charge in [-0.1, -0.05) is 19.3 Å². The van der Waals surface area contributed by atoms with Crippen LogP contribution in [-0.4, -0.2) is 60.5 Å². The fraction of sp³-hybridized carbons (Fsp3) is 0.667. The number of nitrogens with one attached hydrogen (secondary N) is 2. The summed E-state index contributed by atoms with van der Waals surface area (Å²) in [5.74, 6) is 2.27. The number of carbonyl (C=O) groups excluding carboxylic acids is 1. The van der Waals surface area contributed by atoms with E-state index in [2.05, 4.69) is 32.3 Å². The van der Waals surface area contributed by atoms with Crippen LogP contribution in [0, 0.1) is 0 Å². The van der Waals surface area contributed by atoms with Crippen LogP contribution in [0.3, 0.4) is 0 Å². The predicted molar refractivity (Wildman–Crippen MR) is 118 cm³/mol. The molecule has 2 heterocycles. The van der Waals surface area contributed by atoms with Crippen molar-refractivity contribution in [3.05, 3.63) is 24.2 Å². The van der Waals surface area contributed by atoms with Crippen LogP contribution in [0.2, 0.25) is 0 Å². The summed E-state index contributed by atoms with van der Waals surface area (Å²) in [5, 5.41) is 6.23. The van der Waals surface area contributed by atoms with Gasteiger partial charge in [-0.25, -0.2) is 0 Å². The zero-order valence-electron chi connectivity index (χ0n) is 15.3. The third kappa shape index (κ3) is 5.55. The van der Waals surface area contributed by atoms with Crippen LogP contribution in [-0.2, 0) is 0 Å². The lowest BCUT2D eigenvalue weighted by Crippen LogP contribution is -2.54. The highest BCUT2D eigenvalue weighted by molar-refractivity contribution is 14.0. The molecule has 0 bridgehead atoms. The lowest BCUT2D eigenvalue weighted by Gasteiger charge is -2.45. The van der Waals surface area contributed by atoms with Gasteiger partial charge in [0.05, 0.1) is 6.26 Å². The van der Waals surface area contributed by atoms with Crippen LogP contribution >= 0.6 is 35.7 Å². The number of hydrogen-bond acceptors (Lipinski definition) is 4. The number of nitrogens with zero attached hydrogens (tertiary/aromatic N) is 2. The Labute approximate surface area is 177 Å². The lowest BCUT2D eigenvalue weighted by molar-refractivity contribution is 0.0926. The molecule has 6 nitrogen and oxygen atoms in total. The molecule has 0 radical (unpaired) electrons. The molecular weight excluding hydrogens is 463 g/mol. The summed E-state index contributed by atoms with van der Waals surface area (Å²) in [7, 11) is 1.83. The molecule has 1 aromatic heterocycles. The molecule has 1 aliphatic carbocycles. The first-order valence-corrected chi connectivity index (χ1v) is 10.1. The van der Waals surface area contributed by atoms with Gasteiger partial charge in [-0.2, -0.15) is 11.8 Å². The molecule has 8 heteroatoms. The molecule has 0 unspecified atom stereocenters. The molecule has 2 fully saturated rings. The molecule has 1 saturated carbocycles. The molecule has 1 amide bonds. The first-order valence-electron chi connectivity index (χ1n) is 9.14. The minimum absolute atomic E-state index is 0. The molecule has 3 rings (SSSR count). The van der Waals surface area contributed by atoms with Crippen LogP contribution < -0.4 is 10.6 Å². The van der Waals surface area contributed by atoms with Crippen molar-refractivity contribution in [2.45, 2.75) is 36.9 Å². The second-order valence-corrected chi connectivity index (χ2v) is 8.28. The summed E-state index contributed by atoms with van der Waals surface area (Å²) in [6.45, 7) is 3.29. The summed E-state index contributed by atoms with van der Waals surface area (Å²) >= 11 is 2.16. The van der Waals surface area contributed by atoms with Crippen molar-refractivity contribution in [2.24, 2.45) is 4.99 Å². The van der Waals surface area contributed by atoms with Crippen LogP contribution in [0.4, 0.5) is 0 Å². The molecule has 0 aromatic carbocycles. The van der Waals surface area contributed by atoms with E-state index in [1.54, 1.807) is 12.1 Å². The van der Waals surface area contributed by atoms with Crippen molar-refractivity contribution in [3.63, 3.8) is 0 Å². The Bertz CT molecular complexity index is 583. The maximum absolute atomic E-state index is 11.8. The third-order valence-electron chi connectivity index (χ3n) is 4.96. The molecule has 2 aliphatic rings. The van der Waals surface area contributed by atoms with Crippen LogP contribution in [0.1, 0.15) is 42.7 Å². The van der Waals surface area contributed by atoms with Crippen LogP contribution in [0.25, 0.3) is 0 Å². The number of carbonyl (C=O) groups is 1. The monoisotopic (exact) mass is 492 g/mol. The van der Waals surface area contributed by atoms with Gasteiger partial charge >= 0.3 is 0 Å². The number of hydrogen-bond donors (Lipinski definition) is 2. The maximum Gasteiger partial charge on any atom is 0.287 e. The maximum atomic E-state index is 11.8. The van der Waals surface area contributed by atoms with Crippen molar-refractivity contribution in [3.8, 4) is 0 Å². The number of halogens is 1. The Morgan fingerprint density at radius 3 is 2.77 bits per heavy atom. The molecule has 2 N–H and O–H groups in total. The van der Waals surface area contributed by atoms with Gasteiger partial charge in [0.2, 0.25) is 0 Å². The smallest absolute Gasteiger partial charge is 0.287 e. The average molecular weight is 492 g/mol. The number of thioether (sulfide) groups is 1. The first-order chi connectivity index (χ1) is 12.2. The zero-order valence-corrected chi connectivity index (χ0v) is 18.5. The van der Waals surface area contributed by atoms with Gasteiger partial charge in [0, 0.05) is 43.7 Å². The van der Waals surface area contributed by atoms with E-state index in [4.69, 9.17) is 4.42 Å². The summed E-state index contributed by atoms with van der Waals surface area (Å²) in [5.41, 5.74) is 0. The highest BCUT2D eigenvalue weighted by Gasteiger charge is 2.38. The molecular formula is C18H29IN4O2S. The molecule has 0 atom stereocenters. The fourth-order valence-corrected chi connectivity index (χ4v) is 5.27. The van der Waals surface area contributed by atoms with Crippen LogP contribution in [0.15, 0.2) is 27.8 Å². The minimum atomic E-state index is -0.183. The zero-order chi connectivity index (χ0) is 17.5. The van der Waals surface area contributed by atoms with Crippen molar-refractivity contribution in [1.82, 2.24) is 15.5 Å². The molecule has 26 heavy (non-hydrogen) atoms. The molecule has 1 saturated heterocycles. The third-order valence-corrected chi connectivity index (χ3v) is 6.50. The van der Waals surface area contributed by atoms with Gasteiger partial charge in [-0.3, -0.25) is 9.79 Å². The van der Waals surface area contributed by atoms with Gasteiger partial charge in [0.1, 0.15) is 0 Å². The summed E-state index contributed by atoms with van der Waals surface area (Å²) in [6.07, 6.45) is 8.24. The summed E-state index contributed by atoms with van der Waals surface area (Å²) in [6, 6.07) is 3.38. The van der Waals surface area contributed by atoms with E-state index in [9.17, 15) is 4.79 Å². The van der Waals surface area contributed by atoms with Gasteiger partial charge < -0.3 is 20.0 Å². The lowest BCUT2D eigenvalue weighted by atomic mass is 9.87. The number of aliphatic imine (C=N–C) groups is 1. The van der Waals surface area contributed by atoms with E-state index in [0.717, 1.165) is 24.8 Å². The largest absolute Gasteiger partial charge is 0.459 e. The second kappa shape index (κ2) is 10.4. The number of furan rings is 1. The van der Waals surface area contributed by atoms with E-state index >= 15 is 0 Å². The standard InChI is InChI=1S/C18H28N4O2S.HI/c1-19-17(21-10-9-20-16(23)15-6-5-12-24-15)22-11-13-25-18(14-22)7-3-2-4-8-18;/h5-6,12H,2-4,7-11,13-14H2,1H3,(H,19,21)(H,20,23);1H. The van der Waals surface area contributed by atoms with Crippen molar-refractivity contribution >= 4 is 47.6 Å². The SMILES string of the molecule is CN=C(NCCNC(=O)c1ccco1)N1CCSC2(CCCCC2)C1.I. The summed E-state index contributed by atoms with van der Waals surface area (Å²) < 4.78 is 5.51. The number of guanidine groups is 1. The molecule has 1 aromatic rings. The Balaban J connectivity index is 0.00000243. The van der Waals surface area contributed by atoms with Gasteiger partial charge in [-0.15, -0.1) is 24.0 Å². The highest BCUT2D eigenvalue weighted by atomic mass is 127. The number of rotatable bonds is 4. The minimum Gasteiger partial charge on any atom is -0.459 e. The Kier molecular flexibility index (Phi) is 8.59. The van der Waals surface area contributed by atoms with E-state index in [1.165, 1.54) is 38.4 Å². The first kappa shape index (κ1) is 21.4. The topological polar surface area (TPSA) is 69.9 Å². The average Bonchev–Trinajstić information content (AvgIpc) is 3.17. The van der Waals surface area contributed by atoms with Crippen LogP contribution in [0.5, 0.6) is 0 Å². The summed E-state index contributed by atoms with van der Waals surface area (Å²) in [4.78, 5) is 18.7. The molecule has 146 valence electrons. The van der Waals surface area contributed by atoms with E-state index in [0.29, 0.717) is 23.6 Å². The van der Waals surface area contributed by atoms with Gasteiger partial charge in [-0.05, 0) is 25.0 Å². The second-order valence-electron chi connectivity index (χ2n) is 6.72. The highest BCUT2D eigenvalue weighted by Crippen LogP contribution is 2.42. The van der Waals surface area contributed by atoms with Gasteiger partial charge in [0.15, 0.2) is 11.7 Å². The van der Waals surface area contributed by atoms with Crippen molar-refractivity contribution in [1.29, 1.82) is 0 Å². The van der Waals surface area contributed by atoms with E-state index < -0.39 is 0 Å². The normalized spacial score (nSPS) is 19.7. The number of amides is 1. The molecule has 1 aliphatic heterocycles. The van der Waals surface area contributed by atoms with Crippen molar-refractivity contribution in [2.75, 3.05) is 39.0 Å². The predicted octanol–water partition coefficient (Wildman–Crippen LogP) is 2.95. The van der Waals surface area contributed by atoms with Gasteiger partial charge in [0.25, 0.3) is 5.91 Å². The molecule has 1 spiro atoms. The fourth-order valence-electron chi connectivity index (χ4n) is 3.70. The Morgan fingerprint density at radius 2 is 2.08 bits per heavy atom. The quantitative estimate of drug-likeness (QED) is 0.293. The van der Waals surface area contributed by atoms with Crippen molar-refractivity contribution < 1.29 is 9.21 Å². The Morgan fingerprint density at radius 1 is 1.31 bits per heavy atom.